The maximum absolute atomic E-state index is 14.3. The highest BCUT2D eigenvalue weighted by molar-refractivity contribution is 5.73. The van der Waals surface area contributed by atoms with Crippen molar-refractivity contribution in [1.82, 2.24) is 5.32 Å². The second-order valence-corrected chi connectivity index (χ2v) is 7.28. The number of nitrogens with zero attached hydrogens (tertiary/aromatic N) is 1. The Bertz CT molecular complexity index is 861. The van der Waals surface area contributed by atoms with E-state index in [1.54, 1.807) is 0 Å². The summed E-state index contributed by atoms with van der Waals surface area (Å²) in [5, 5.41) is 2.83. The molecule has 0 bridgehead atoms. The highest BCUT2D eigenvalue weighted by atomic mass is 19.3. The number of rotatable bonds is 8. The van der Waals surface area contributed by atoms with Gasteiger partial charge in [-0.25, -0.2) is 13.2 Å². The highest BCUT2D eigenvalue weighted by Crippen LogP contribution is 2.30. The minimum Gasteiger partial charge on any atom is -0.489 e. The minimum absolute atomic E-state index is 0.0928. The van der Waals surface area contributed by atoms with Gasteiger partial charge >= 0.3 is 0 Å². The molecule has 30 heavy (non-hydrogen) atoms. The number of amides is 1. The Morgan fingerprint density at radius 3 is 2.57 bits per heavy atom. The van der Waals surface area contributed by atoms with Gasteiger partial charge in [0, 0.05) is 26.0 Å². The molecule has 0 unspecified atom stereocenters. The largest absolute Gasteiger partial charge is 0.489 e. The van der Waals surface area contributed by atoms with Crippen LogP contribution in [0.25, 0.3) is 0 Å². The van der Waals surface area contributed by atoms with Gasteiger partial charge in [-0.1, -0.05) is 12.1 Å². The van der Waals surface area contributed by atoms with E-state index in [0.717, 1.165) is 5.56 Å². The molecular formula is C22H25F3N2O3. The third-order valence-corrected chi connectivity index (χ3v) is 4.88. The molecule has 3 rings (SSSR count). The van der Waals surface area contributed by atoms with E-state index in [2.05, 4.69) is 5.32 Å². The van der Waals surface area contributed by atoms with Crippen LogP contribution < -0.4 is 19.7 Å². The maximum atomic E-state index is 14.3. The van der Waals surface area contributed by atoms with E-state index in [9.17, 15) is 18.0 Å². The zero-order chi connectivity index (χ0) is 21.7. The minimum atomic E-state index is -2.59. The Hall–Kier alpha value is -2.90. The van der Waals surface area contributed by atoms with Crippen molar-refractivity contribution in [3.05, 3.63) is 53.8 Å². The van der Waals surface area contributed by atoms with Crippen molar-refractivity contribution in [2.24, 2.45) is 0 Å². The third-order valence-electron chi connectivity index (χ3n) is 4.88. The fourth-order valence-corrected chi connectivity index (χ4v) is 3.44. The molecule has 0 aromatic heterocycles. The van der Waals surface area contributed by atoms with Crippen LogP contribution in [0.2, 0.25) is 0 Å². The van der Waals surface area contributed by atoms with E-state index in [4.69, 9.17) is 9.47 Å². The molecule has 1 aliphatic rings. The predicted octanol–water partition coefficient (Wildman–Crippen LogP) is 4.32. The summed E-state index contributed by atoms with van der Waals surface area (Å²) < 4.78 is 50.0. The normalized spacial score (nSPS) is 17.1. The first-order valence-corrected chi connectivity index (χ1v) is 9.81. The number of carbonyl (C=O) groups excluding carboxylic acids is 1. The summed E-state index contributed by atoms with van der Waals surface area (Å²) >= 11 is 0. The van der Waals surface area contributed by atoms with Crippen LogP contribution in [0.4, 0.5) is 18.9 Å². The van der Waals surface area contributed by atoms with Gasteiger partial charge in [-0.05, 0) is 36.8 Å². The van der Waals surface area contributed by atoms with Gasteiger partial charge in [0.15, 0.2) is 0 Å². The zero-order valence-electron chi connectivity index (χ0n) is 16.9. The fourth-order valence-electron chi connectivity index (χ4n) is 3.44. The summed E-state index contributed by atoms with van der Waals surface area (Å²) in [6, 6.07) is 11.4. The van der Waals surface area contributed by atoms with E-state index < -0.39 is 18.8 Å². The number of halogens is 3. The van der Waals surface area contributed by atoms with E-state index >= 15 is 0 Å². The Labute approximate surface area is 173 Å². The van der Waals surface area contributed by atoms with Gasteiger partial charge in [0.25, 0.3) is 6.43 Å². The van der Waals surface area contributed by atoms with Gasteiger partial charge in [-0.15, -0.1) is 0 Å². The van der Waals surface area contributed by atoms with Crippen LogP contribution in [0, 0.1) is 5.82 Å². The quantitative estimate of drug-likeness (QED) is 0.688. The van der Waals surface area contributed by atoms with Crippen LogP contribution in [0.3, 0.4) is 0 Å². The average molecular weight is 422 g/mol. The summed E-state index contributed by atoms with van der Waals surface area (Å²) in [5.41, 5.74) is 1.28. The molecule has 5 nitrogen and oxygen atoms in total. The lowest BCUT2D eigenvalue weighted by Crippen LogP contribution is -2.25. The maximum Gasteiger partial charge on any atom is 0.272 e. The van der Waals surface area contributed by atoms with E-state index in [1.807, 2.05) is 36.1 Å². The van der Waals surface area contributed by atoms with Crippen molar-refractivity contribution in [3.63, 3.8) is 0 Å². The number of hydrogen-bond donors (Lipinski definition) is 1. The lowest BCUT2D eigenvalue weighted by molar-refractivity contribution is -0.119. The molecule has 2 atom stereocenters. The second kappa shape index (κ2) is 9.73. The van der Waals surface area contributed by atoms with Crippen LogP contribution in [-0.2, 0) is 4.79 Å². The molecule has 1 heterocycles. The Kier molecular flexibility index (Phi) is 7.07. The molecule has 1 fully saturated rings. The molecule has 0 saturated carbocycles. The summed E-state index contributed by atoms with van der Waals surface area (Å²) in [7, 11) is 0. The molecule has 0 spiro atoms. The smallest absolute Gasteiger partial charge is 0.272 e. The van der Waals surface area contributed by atoms with Gasteiger partial charge in [-0.3, -0.25) is 4.79 Å². The molecule has 162 valence electrons. The highest BCUT2D eigenvalue weighted by Gasteiger charge is 2.26. The van der Waals surface area contributed by atoms with Crippen molar-refractivity contribution in [2.45, 2.75) is 38.8 Å². The van der Waals surface area contributed by atoms with Crippen LogP contribution >= 0.6 is 0 Å². The predicted molar refractivity (Wildman–Crippen MR) is 108 cm³/mol. The van der Waals surface area contributed by atoms with Gasteiger partial charge < -0.3 is 19.7 Å². The van der Waals surface area contributed by atoms with Crippen molar-refractivity contribution in [2.75, 3.05) is 24.6 Å². The van der Waals surface area contributed by atoms with Crippen LogP contribution in [0.15, 0.2) is 42.5 Å². The van der Waals surface area contributed by atoms with Crippen molar-refractivity contribution in [1.29, 1.82) is 0 Å². The van der Waals surface area contributed by atoms with Crippen molar-refractivity contribution in [3.8, 4) is 11.5 Å². The third kappa shape index (κ3) is 5.81. The average Bonchev–Trinajstić information content (AvgIpc) is 3.15. The lowest BCUT2D eigenvalue weighted by atomic mass is 10.1. The van der Waals surface area contributed by atoms with Gasteiger partial charge in [0.1, 0.15) is 30.0 Å². The lowest BCUT2D eigenvalue weighted by Gasteiger charge is -2.21. The Balaban J connectivity index is 1.59. The fraction of sp³-hybridized carbons (Fsp3) is 0.409. The van der Waals surface area contributed by atoms with E-state index in [0.29, 0.717) is 30.9 Å². The number of carbonyl (C=O) groups is 1. The number of nitrogens with one attached hydrogen (secondary N) is 1. The standard InChI is InChI=1S/C22H25F3N2O3/c1-14(26-15(2)28)16-3-5-17(6-4-16)30-19-9-10-27(12-19)21-11-18(7-8-20(21)23)29-13-22(24)25/h3-8,11,14,19,22H,9-10,12-13H2,1-2H3,(H,26,28)/t14-,19+/m0/s1. The van der Waals surface area contributed by atoms with Crippen LogP contribution in [0.5, 0.6) is 11.5 Å². The first-order valence-electron chi connectivity index (χ1n) is 9.81. The molecule has 2 aromatic rings. The summed E-state index contributed by atoms with van der Waals surface area (Å²) in [6.45, 7) is 3.70. The van der Waals surface area contributed by atoms with Gasteiger partial charge in [0.2, 0.25) is 5.91 Å². The van der Waals surface area contributed by atoms with Gasteiger partial charge in [-0.2, -0.15) is 0 Å². The molecule has 1 saturated heterocycles. The second-order valence-electron chi connectivity index (χ2n) is 7.28. The van der Waals surface area contributed by atoms with Crippen molar-refractivity contribution < 1.29 is 27.4 Å². The summed E-state index contributed by atoms with van der Waals surface area (Å²) in [5.74, 6) is 0.371. The molecule has 2 aromatic carbocycles. The first-order chi connectivity index (χ1) is 14.3. The Morgan fingerprint density at radius 1 is 1.20 bits per heavy atom. The van der Waals surface area contributed by atoms with Gasteiger partial charge in [0.05, 0.1) is 18.3 Å². The van der Waals surface area contributed by atoms with Crippen LogP contribution in [-0.4, -0.2) is 38.1 Å². The van der Waals surface area contributed by atoms with E-state index in [-0.39, 0.29) is 23.8 Å². The molecular weight excluding hydrogens is 397 g/mol. The number of alkyl halides is 2. The Morgan fingerprint density at radius 2 is 1.90 bits per heavy atom. The molecule has 0 radical (unpaired) electrons. The van der Waals surface area contributed by atoms with E-state index in [1.165, 1.54) is 25.1 Å². The molecule has 1 amide bonds. The molecule has 1 N–H and O–H groups in total. The summed E-state index contributed by atoms with van der Waals surface area (Å²) in [6.07, 6.45) is -2.02. The summed E-state index contributed by atoms with van der Waals surface area (Å²) in [4.78, 5) is 13.0. The molecule has 0 aliphatic carbocycles. The number of hydrogen-bond acceptors (Lipinski definition) is 4. The monoisotopic (exact) mass is 422 g/mol. The van der Waals surface area contributed by atoms with Crippen LogP contribution in [0.1, 0.15) is 31.9 Å². The van der Waals surface area contributed by atoms with Crippen molar-refractivity contribution >= 4 is 11.6 Å². The number of benzene rings is 2. The topological polar surface area (TPSA) is 50.8 Å². The number of anilines is 1. The first kappa shape index (κ1) is 21.8. The molecule has 1 aliphatic heterocycles. The molecule has 8 heteroatoms. The number of ether oxygens (including phenoxy) is 2. The SMILES string of the molecule is CC(=O)N[C@@H](C)c1ccc(O[C@@H]2CCN(c3cc(OCC(F)F)ccc3F)C2)cc1. The zero-order valence-corrected chi connectivity index (χ0v) is 16.9.